The van der Waals surface area contributed by atoms with Crippen molar-refractivity contribution in [2.24, 2.45) is 0 Å². The minimum Gasteiger partial charge on any atom is -0.251 e. The molecule has 0 rings (SSSR count). The molecule has 0 aromatic heterocycles. The van der Waals surface area contributed by atoms with Crippen molar-refractivity contribution in [3.63, 3.8) is 0 Å². The van der Waals surface area contributed by atoms with E-state index in [2.05, 4.69) is 0 Å². The van der Waals surface area contributed by atoms with Crippen LogP contribution in [0.4, 0.5) is 39.5 Å². The van der Waals surface area contributed by atoms with Crippen LogP contribution in [-0.2, 0) is 0 Å². The van der Waals surface area contributed by atoms with Gasteiger partial charge in [-0.1, -0.05) is 0 Å². The van der Waals surface area contributed by atoms with Crippen LogP contribution >= 0.6 is 0 Å². The number of allylic oxidation sites excluding steroid dienone is 1. The standard InChI is InChI=1S/C7H5F9/c8-2-1-6(12,13)5(11,3-4(9)10)7(14,15)16/h3H,1-2H2. The summed E-state index contributed by atoms with van der Waals surface area (Å²) in [6.07, 6.45) is -13.2. The normalized spacial score (nSPS) is 16.8. The van der Waals surface area contributed by atoms with E-state index in [-0.39, 0.29) is 0 Å². The second-order valence-corrected chi connectivity index (χ2v) is 2.79. The van der Waals surface area contributed by atoms with Gasteiger partial charge in [-0.2, -0.15) is 22.0 Å². The van der Waals surface area contributed by atoms with Crippen LogP contribution in [0.15, 0.2) is 12.2 Å². The fourth-order valence-electron chi connectivity index (χ4n) is 0.846. The number of hydrogen-bond acceptors (Lipinski definition) is 0. The highest BCUT2D eigenvalue weighted by Crippen LogP contribution is 2.48. The van der Waals surface area contributed by atoms with Crippen molar-refractivity contribution in [2.75, 3.05) is 6.67 Å². The van der Waals surface area contributed by atoms with Gasteiger partial charge in [-0.25, -0.2) is 13.2 Å². The van der Waals surface area contributed by atoms with Gasteiger partial charge < -0.3 is 0 Å². The highest BCUT2D eigenvalue weighted by Gasteiger charge is 2.70. The van der Waals surface area contributed by atoms with E-state index >= 15 is 0 Å². The summed E-state index contributed by atoms with van der Waals surface area (Å²) in [4.78, 5) is 0. The van der Waals surface area contributed by atoms with Gasteiger partial charge in [0.1, 0.15) is 0 Å². The first-order valence-corrected chi connectivity index (χ1v) is 3.71. The van der Waals surface area contributed by atoms with Crippen molar-refractivity contribution in [1.29, 1.82) is 0 Å². The molecule has 0 aromatic rings. The number of hydrogen-bond donors (Lipinski definition) is 0. The predicted molar refractivity (Wildman–Crippen MR) is 35.7 cm³/mol. The Bertz CT molecular complexity index is 262. The second-order valence-electron chi connectivity index (χ2n) is 2.79. The lowest BCUT2D eigenvalue weighted by Crippen LogP contribution is -2.54. The molecule has 0 bridgehead atoms. The Morgan fingerprint density at radius 3 is 1.62 bits per heavy atom. The van der Waals surface area contributed by atoms with E-state index in [1.54, 1.807) is 0 Å². The first-order chi connectivity index (χ1) is 6.98. The average Bonchev–Trinajstić information content (AvgIpc) is 1.99. The predicted octanol–water partition coefficient (Wildman–Crippen LogP) is 4.03. The zero-order chi connectivity index (χ0) is 13.2. The summed E-state index contributed by atoms with van der Waals surface area (Å²) >= 11 is 0. The van der Waals surface area contributed by atoms with Gasteiger partial charge in [0.05, 0.1) is 6.67 Å². The van der Waals surface area contributed by atoms with Gasteiger partial charge in [-0.05, 0) is 0 Å². The summed E-state index contributed by atoms with van der Waals surface area (Å²) in [6, 6.07) is 0. The molecule has 0 heterocycles. The lowest BCUT2D eigenvalue weighted by Gasteiger charge is -2.31. The van der Waals surface area contributed by atoms with Crippen molar-refractivity contribution in [1.82, 2.24) is 0 Å². The number of rotatable bonds is 4. The molecule has 0 radical (unpaired) electrons. The van der Waals surface area contributed by atoms with E-state index in [0.29, 0.717) is 0 Å². The van der Waals surface area contributed by atoms with Crippen LogP contribution in [0, 0.1) is 0 Å². The SMILES string of the molecule is FCCC(F)(F)C(F)(C=C(F)F)C(F)(F)F. The molecule has 0 aromatic carbocycles. The van der Waals surface area contributed by atoms with Crippen molar-refractivity contribution in [2.45, 2.75) is 24.2 Å². The maximum Gasteiger partial charge on any atom is 0.432 e. The average molecular weight is 260 g/mol. The van der Waals surface area contributed by atoms with E-state index < -0.39 is 43.0 Å². The Hall–Kier alpha value is -0.890. The van der Waals surface area contributed by atoms with E-state index in [0.717, 1.165) is 0 Å². The van der Waals surface area contributed by atoms with Gasteiger partial charge in [0.25, 0.3) is 17.7 Å². The Morgan fingerprint density at radius 1 is 0.938 bits per heavy atom. The van der Waals surface area contributed by atoms with E-state index in [9.17, 15) is 39.5 Å². The topological polar surface area (TPSA) is 0 Å². The van der Waals surface area contributed by atoms with E-state index in [1.165, 1.54) is 0 Å². The fraction of sp³-hybridized carbons (Fsp3) is 0.714. The van der Waals surface area contributed by atoms with E-state index in [1.807, 2.05) is 0 Å². The monoisotopic (exact) mass is 260 g/mol. The van der Waals surface area contributed by atoms with Crippen LogP contribution in [0.3, 0.4) is 0 Å². The largest absolute Gasteiger partial charge is 0.432 e. The van der Waals surface area contributed by atoms with Gasteiger partial charge in [-0.15, -0.1) is 0 Å². The van der Waals surface area contributed by atoms with Crippen molar-refractivity contribution >= 4 is 0 Å². The van der Waals surface area contributed by atoms with Crippen LogP contribution in [0.5, 0.6) is 0 Å². The Kier molecular flexibility index (Phi) is 4.29. The Balaban J connectivity index is 5.50. The first kappa shape index (κ1) is 15.1. The van der Waals surface area contributed by atoms with Crippen LogP contribution < -0.4 is 0 Å². The smallest absolute Gasteiger partial charge is 0.251 e. The lowest BCUT2D eigenvalue weighted by molar-refractivity contribution is -0.284. The molecule has 0 saturated carbocycles. The molecule has 0 N–H and O–H groups in total. The van der Waals surface area contributed by atoms with Gasteiger partial charge in [0, 0.05) is 12.5 Å². The molecule has 0 fully saturated rings. The molecule has 0 spiro atoms. The van der Waals surface area contributed by atoms with Crippen molar-refractivity contribution in [3.8, 4) is 0 Å². The molecule has 0 aliphatic rings. The molecule has 96 valence electrons. The fourth-order valence-corrected chi connectivity index (χ4v) is 0.846. The van der Waals surface area contributed by atoms with Crippen molar-refractivity contribution < 1.29 is 39.5 Å². The molecule has 16 heavy (non-hydrogen) atoms. The summed E-state index contributed by atoms with van der Waals surface area (Å²) in [6.45, 7) is -1.98. The van der Waals surface area contributed by atoms with Gasteiger partial charge in [0.15, 0.2) is 0 Å². The van der Waals surface area contributed by atoms with E-state index in [4.69, 9.17) is 0 Å². The lowest BCUT2D eigenvalue weighted by atomic mass is 9.94. The van der Waals surface area contributed by atoms with Crippen LogP contribution in [0.2, 0.25) is 0 Å². The van der Waals surface area contributed by atoms with Crippen LogP contribution in [0.25, 0.3) is 0 Å². The molecule has 0 saturated heterocycles. The third-order valence-corrected chi connectivity index (χ3v) is 1.66. The van der Waals surface area contributed by atoms with Crippen LogP contribution in [0.1, 0.15) is 6.42 Å². The summed E-state index contributed by atoms with van der Waals surface area (Å²) in [5.74, 6) is -5.30. The van der Waals surface area contributed by atoms with Crippen molar-refractivity contribution in [3.05, 3.63) is 12.2 Å². The molecule has 0 aliphatic heterocycles. The Morgan fingerprint density at radius 2 is 1.38 bits per heavy atom. The van der Waals surface area contributed by atoms with Crippen LogP contribution in [-0.4, -0.2) is 24.4 Å². The summed E-state index contributed by atoms with van der Waals surface area (Å²) in [5, 5.41) is 0. The first-order valence-electron chi connectivity index (χ1n) is 3.71. The molecule has 1 atom stereocenters. The zero-order valence-corrected chi connectivity index (χ0v) is 7.39. The number of alkyl halides is 7. The van der Waals surface area contributed by atoms with Gasteiger partial charge >= 0.3 is 6.18 Å². The summed E-state index contributed by atoms with van der Waals surface area (Å²) in [5.41, 5.74) is -5.58. The maximum atomic E-state index is 12.9. The third-order valence-electron chi connectivity index (χ3n) is 1.66. The molecular formula is C7H5F9. The molecule has 0 amide bonds. The minimum atomic E-state index is -6.27. The molecule has 0 nitrogen and oxygen atoms in total. The number of halogens is 9. The molecule has 9 heteroatoms. The highest BCUT2D eigenvalue weighted by molar-refractivity contribution is 5.14. The summed E-state index contributed by atoms with van der Waals surface area (Å²) in [7, 11) is 0. The van der Waals surface area contributed by atoms with Gasteiger partial charge in [0.2, 0.25) is 0 Å². The molecule has 1 unspecified atom stereocenters. The quantitative estimate of drug-likeness (QED) is 0.669. The van der Waals surface area contributed by atoms with Gasteiger partial charge in [-0.3, -0.25) is 4.39 Å². The third kappa shape index (κ3) is 2.82. The molecular weight excluding hydrogens is 255 g/mol. The zero-order valence-electron chi connectivity index (χ0n) is 7.39. The molecule has 0 aliphatic carbocycles. The minimum absolute atomic E-state index is 1.55. The maximum absolute atomic E-state index is 12.9. The Labute approximate surface area is 83.7 Å². The highest BCUT2D eigenvalue weighted by atomic mass is 19.4. The second kappa shape index (κ2) is 4.54. The summed E-state index contributed by atoms with van der Waals surface area (Å²) < 4.78 is 109.